The van der Waals surface area contributed by atoms with Crippen LogP contribution in [0.15, 0.2) is 12.3 Å². The van der Waals surface area contributed by atoms with Crippen molar-refractivity contribution in [3.8, 4) is 11.7 Å². The molecule has 1 N–H and O–H groups in total. The summed E-state index contributed by atoms with van der Waals surface area (Å²) >= 11 is 0. The van der Waals surface area contributed by atoms with E-state index >= 15 is 0 Å². The molecule has 0 spiro atoms. The van der Waals surface area contributed by atoms with E-state index in [1.807, 2.05) is 33.9 Å². The second-order valence-corrected chi connectivity index (χ2v) is 7.39. The molecule has 156 valence electrons. The Morgan fingerprint density at radius 2 is 2.10 bits per heavy atom. The highest BCUT2D eigenvalue weighted by molar-refractivity contribution is 5.79. The Morgan fingerprint density at radius 1 is 1.27 bits per heavy atom. The summed E-state index contributed by atoms with van der Waals surface area (Å²) in [5.41, 5.74) is 3.70. The van der Waals surface area contributed by atoms with Crippen LogP contribution in [0.4, 0.5) is 16.0 Å². The topological polar surface area (TPSA) is 101 Å². The van der Waals surface area contributed by atoms with E-state index in [2.05, 4.69) is 30.6 Å². The Labute approximate surface area is 171 Å². The third-order valence-corrected chi connectivity index (χ3v) is 5.16. The van der Waals surface area contributed by atoms with Crippen molar-refractivity contribution in [2.45, 2.75) is 39.9 Å². The highest BCUT2D eigenvalue weighted by Crippen LogP contribution is 2.33. The highest BCUT2D eigenvalue weighted by Gasteiger charge is 2.25. The molecule has 5 rings (SSSR count). The van der Waals surface area contributed by atoms with Crippen LogP contribution in [0.3, 0.4) is 0 Å². The molecule has 10 nitrogen and oxygen atoms in total. The van der Waals surface area contributed by atoms with Crippen molar-refractivity contribution in [3.05, 3.63) is 29.3 Å². The molecular formula is C19H22FN9O. The number of aryl methyl sites for hydroxylation is 3. The van der Waals surface area contributed by atoms with E-state index < -0.39 is 6.17 Å². The molecule has 0 saturated heterocycles. The van der Waals surface area contributed by atoms with Crippen LogP contribution >= 0.6 is 0 Å². The van der Waals surface area contributed by atoms with Crippen LogP contribution in [0.1, 0.15) is 24.0 Å². The molecule has 0 radical (unpaired) electrons. The number of hydrogen-bond acceptors (Lipinski definition) is 7. The largest absolute Gasteiger partial charge is 0.472 e. The van der Waals surface area contributed by atoms with Gasteiger partial charge in [-0.05, 0) is 20.3 Å². The molecule has 0 aliphatic carbocycles. The van der Waals surface area contributed by atoms with Crippen LogP contribution in [-0.2, 0) is 20.0 Å². The summed E-state index contributed by atoms with van der Waals surface area (Å²) in [5.74, 6) is 1.46. The molecule has 0 fully saturated rings. The average molecular weight is 411 g/mol. The molecule has 30 heavy (non-hydrogen) atoms. The number of halogens is 1. The summed E-state index contributed by atoms with van der Waals surface area (Å²) in [6.45, 7) is 5.69. The molecule has 0 unspecified atom stereocenters. The Kier molecular flexibility index (Phi) is 4.19. The predicted octanol–water partition coefficient (Wildman–Crippen LogP) is 2.40. The lowest BCUT2D eigenvalue weighted by molar-refractivity contribution is 0.171. The van der Waals surface area contributed by atoms with Gasteiger partial charge in [0.25, 0.3) is 5.88 Å². The highest BCUT2D eigenvalue weighted by atomic mass is 19.1. The maximum absolute atomic E-state index is 14.7. The predicted molar refractivity (Wildman–Crippen MR) is 108 cm³/mol. The Hall–Kier alpha value is -3.50. The maximum atomic E-state index is 14.7. The number of alkyl halides is 1. The van der Waals surface area contributed by atoms with Gasteiger partial charge >= 0.3 is 0 Å². The van der Waals surface area contributed by atoms with Crippen LogP contribution < -0.4 is 10.1 Å². The van der Waals surface area contributed by atoms with Crippen molar-refractivity contribution in [2.75, 3.05) is 11.9 Å². The SMILES string of the molecule is CCc1c2c(nn1-c1cc(C)nn1C)OC[C@@H](F)Cn1nc(C)c3cnc(nc31)N2. The smallest absolute Gasteiger partial charge is 0.257 e. The summed E-state index contributed by atoms with van der Waals surface area (Å²) in [4.78, 5) is 9.02. The van der Waals surface area contributed by atoms with Gasteiger partial charge < -0.3 is 10.1 Å². The molecular weight excluding hydrogens is 389 g/mol. The van der Waals surface area contributed by atoms with Gasteiger partial charge in [0.2, 0.25) is 5.95 Å². The second-order valence-electron chi connectivity index (χ2n) is 7.39. The minimum atomic E-state index is -1.27. The Bertz CT molecular complexity index is 1250. The van der Waals surface area contributed by atoms with Crippen molar-refractivity contribution in [3.63, 3.8) is 0 Å². The van der Waals surface area contributed by atoms with E-state index in [9.17, 15) is 4.39 Å². The molecule has 1 aliphatic heterocycles. The first-order chi connectivity index (χ1) is 14.4. The zero-order valence-electron chi connectivity index (χ0n) is 17.2. The first-order valence-electron chi connectivity index (χ1n) is 9.81. The number of ether oxygens (including phenoxy) is 1. The molecule has 4 aromatic heterocycles. The Morgan fingerprint density at radius 3 is 2.83 bits per heavy atom. The third-order valence-electron chi connectivity index (χ3n) is 5.16. The van der Waals surface area contributed by atoms with E-state index in [0.717, 1.165) is 28.3 Å². The van der Waals surface area contributed by atoms with Crippen LogP contribution in [0.5, 0.6) is 5.88 Å². The fourth-order valence-electron chi connectivity index (χ4n) is 3.78. The minimum Gasteiger partial charge on any atom is -0.472 e. The normalized spacial score (nSPS) is 16.2. The number of nitrogens with zero attached hydrogens (tertiary/aromatic N) is 8. The van der Waals surface area contributed by atoms with Crippen LogP contribution in [0.25, 0.3) is 16.9 Å². The summed E-state index contributed by atoms with van der Waals surface area (Å²) in [6.07, 6.45) is 1.09. The third kappa shape index (κ3) is 2.88. The lowest BCUT2D eigenvalue weighted by atomic mass is 10.3. The zero-order chi connectivity index (χ0) is 21.0. The number of fused-ring (bicyclic) bond motifs is 2. The minimum absolute atomic E-state index is 0.0401. The first kappa shape index (κ1) is 18.5. The zero-order valence-corrected chi connectivity index (χ0v) is 17.2. The van der Waals surface area contributed by atoms with Gasteiger partial charge in [0.1, 0.15) is 12.3 Å². The molecule has 0 saturated carbocycles. The number of aromatic nitrogens is 8. The summed E-state index contributed by atoms with van der Waals surface area (Å²) in [5, 5.41) is 17.5. The standard InChI is InChI=1S/C19H22FN9O/c1-5-14-16-18(26-29(14)15-6-10(2)24-27(15)4)30-9-12(20)8-28-17-13(11(3)25-28)7-21-19(22-16)23-17/h6-7,12H,5,8-9H2,1-4H3,(H,21,22,23)/t12-/m0/s1. The van der Waals surface area contributed by atoms with Gasteiger partial charge in [0.05, 0.1) is 29.0 Å². The lowest BCUT2D eigenvalue weighted by Crippen LogP contribution is -2.20. The van der Waals surface area contributed by atoms with E-state index in [-0.39, 0.29) is 13.2 Å². The number of hydrogen-bond donors (Lipinski definition) is 1. The second kappa shape index (κ2) is 6.78. The van der Waals surface area contributed by atoms with Crippen LogP contribution in [-0.4, -0.2) is 52.1 Å². The van der Waals surface area contributed by atoms with Gasteiger partial charge in [-0.2, -0.15) is 15.2 Å². The molecule has 1 atom stereocenters. The fraction of sp³-hybridized carbons (Fsp3) is 0.421. The van der Waals surface area contributed by atoms with Crippen LogP contribution in [0, 0.1) is 13.8 Å². The van der Waals surface area contributed by atoms with Crippen molar-refractivity contribution in [1.82, 2.24) is 39.3 Å². The summed E-state index contributed by atoms with van der Waals surface area (Å²) in [6, 6.07) is 1.94. The summed E-state index contributed by atoms with van der Waals surface area (Å²) in [7, 11) is 1.85. The number of nitrogens with one attached hydrogen (secondary N) is 1. The molecule has 11 heteroatoms. The van der Waals surface area contributed by atoms with Crippen molar-refractivity contribution in [1.29, 1.82) is 0 Å². The molecule has 5 heterocycles. The molecule has 2 bridgehead atoms. The number of anilines is 2. The monoisotopic (exact) mass is 411 g/mol. The quantitative estimate of drug-likeness (QED) is 0.540. The Balaban J connectivity index is 1.69. The molecule has 4 aromatic rings. The fourth-order valence-corrected chi connectivity index (χ4v) is 3.78. The van der Waals surface area contributed by atoms with E-state index in [1.165, 1.54) is 0 Å². The van der Waals surface area contributed by atoms with Crippen molar-refractivity contribution in [2.24, 2.45) is 7.05 Å². The molecule has 1 aliphatic rings. The van der Waals surface area contributed by atoms with Crippen LogP contribution in [0.2, 0.25) is 0 Å². The van der Waals surface area contributed by atoms with Gasteiger partial charge in [0, 0.05) is 19.3 Å². The maximum Gasteiger partial charge on any atom is 0.257 e. The van der Waals surface area contributed by atoms with Gasteiger partial charge in [-0.15, -0.1) is 5.10 Å². The number of rotatable bonds is 2. The van der Waals surface area contributed by atoms with Gasteiger partial charge in [-0.25, -0.2) is 18.7 Å². The van der Waals surface area contributed by atoms with E-state index in [4.69, 9.17) is 4.74 Å². The molecule has 0 aromatic carbocycles. The average Bonchev–Trinajstić information content (AvgIpc) is 3.33. The van der Waals surface area contributed by atoms with Gasteiger partial charge in [-0.1, -0.05) is 6.92 Å². The van der Waals surface area contributed by atoms with Crippen molar-refractivity contribution >= 4 is 22.7 Å². The van der Waals surface area contributed by atoms with Gasteiger partial charge in [-0.3, -0.25) is 4.68 Å². The van der Waals surface area contributed by atoms with E-state index in [0.29, 0.717) is 29.6 Å². The lowest BCUT2D eigenvalue weighted by Gasteiger charge is -2.09. The van der Waals surface area contributed by atoms with Gasteiger partial charge in [0.15, 0.2) is 17.6 Å². The summed E-state index contributed by atoms with van der Waals surface area (Å²) < 4.78 is 25.6. The van der Waals surface area contributed by atoms with E-state index in [1.54, 1.807) is 20.2 Å². The first-order valence-corrected chi connectivity index (χ1v) is 9.81. The van der Waals surface area contributed by atoms with Crippen molar-refractivity contribution < 1.29 is 9.13 Å². The molecule has 0 amide bonds.